The number of carbonyl (C=O) groups is 1. The van der Waals surface area contributed by atoms with Crippen molar-refractivity contribution >= 4 is 5.78 Å². The number of ketones is 1. The van der Waals surface area contributed by atoms with Crippen LogP contribution in [0, 0.1) is 5.92 Å². The largest absolute Gasteiger partial charge is 0.318 e. The van der Waals surface area contributed by atoms with Gasteiger partial charge in [-0.2, -0.15) is 0 Å². The van der Waals surface area contributed by atoms with E-state index in [1.54, 1.807) is 0 Å². The minimum Gasteiger partial charge on any atom is -0.318 e. The van der Waals surface area contributed by atoms with Gasteiger partial charge in [-0.3, -0.25) is 4.79 Å². The van der Waals surface area contributed by atoms with Crippen LogP contribution in [0.15, 0.2) is 30.3 Å². The lowest BCUT2D eigenvalue weighted by Gasteiger charge is -2.09. The minimum absolute atomic E-state index is 0.179. The van der Waals surface area contributed by atoms with Crippen molar-refractivity contribution < 1.29 is 4.79 Å². The molecule has 0 aromatic heterocycles. The highest BCUT2D eigenvalue weighted by Crippen LogP contribution is 2.33. The molecule has 74 valence electrons. The molecular formula is C12H15NO. The predicted octanol–water partition coefficient (Wildman–Crippen LogP) is 2.06. The van der Waals surface area contributed by atoms with Crippen LogP contribution in [0.25, 0.3) is 0 Å². The Morgan fingerprint density at radius 3 is 2.57 bits per heavy atom. The first-order chi connectivity index (χ1) is 6.77. The third kappa shape index (κ3) is 2.20. The second kappa shape index (κ2) is 3.93. The van der Waals surface area contributed by atoms with E-state index in [0.717, 1.165) is 5.56 Å². The fourth-order valence-corrected chi connectivity index (χ4v) is 1.58. The summed E-state index contributed by atoms with van der Waals surface area (Å²) in [6.07, 6.45) is 3.07. The van der Waals surface area contributed by atoms with E-state index in [4.69, 9.17) is 5.73 Å². The van der Waals surface area contributed by atoms with Crippen LogP contribution in [0.1, 0.15) is 30.9 Å². The maximum atomic E-state index is 11.7. The smallest absolute Gasteiger partial charge is 0.154 e. The number of nitrogens with two attached hydrogens (primary N) is 1. The van der Waals surface area contributed by atoms with E-state index in [0.29, 0.717) is 12.3 Å². The molecule has 1 unspecified atom stereocenters. The zero-order valence-electron chi connectivity index (χ0n) is 8.15. The van der Waals surface area contributed by atoms with Crippen LogP contribution in [0.5, 0.6) is 0 Å². The standard InChI is InChI=1S/C12H15NO/c13-12(10-4-2-1-3-5-10)11(14)8-9-6-7-9/h1-5,9,12H,6-8,13H2. The van der Waals surface area contributed by atoms with Gasteiger partial charge in [0.2, 0.25) is 0 Å². The van der Waals surface area contributed by atoms with Crippen LogP contribution in [-0.4, -0.2) is 5.78 Å². The lowest BCUT2D eigenvalue weighted by atomic mass is 10.0. The average molecular weight is 189 g/mol. The van der Waals surface area contributed by atoms with E-state index in [-0.39, 0.29) is 5.78 Å². The molecule has 0 aliphatic heterocycles. The van der Waals surface area contributed by atoms with Gasteiger partial charge in [-0.05, 0) is 24.3 Å². The minimum atomic E-state index is -0.420. The number of hydrogen-bond donors (Lipinski definition) is 1. The Morgan fingerprint density at radius 1 is 1.36 bits per heavy atom. The number of hydrogen-bond acceptors (Lipinski definition) is 2. The summed E-state index contributed by atoms with van der Waals surface area (Å²) in [5.41, 5.74) is 6.79. The summed E-state index contributed by atoms with van der Waals surface area (Å²) in [6, 6.07) is 9.17. The molecule has 14 heavy (non-hydrogen) atoms. The lowest BCUT2D eigenvalue weighted by Crippen LogP contribution is -2.21. The molecule has 0 radical (unpaired) electrons. The molecular weight excluding hydrogens is 174 g/mol. The van der Waals surface area contributed by atoms with Gasteiger partial charge in [-0.15, -0.1) is 0 Å². The molecule has 2 N–H and O–H groups in total. The van der Waals surface area contributed by atoms with E-state index >= 15 is 0 Å². The van der Waals surface area contributed by atoms with Gasteiger partial charge >= 0.3 is 0 Å². The summed E-state index contributed by atoms with van der Waals surface area (Å²) >= 11 is 0. The first-order valence-electron chi connectivity index (χ1n) is 5.10. The van der Waals surface area contributed by atoms with Crippen LogP contribution in [0.4, 0.5) is 0 Å². The monoisotopic (exact) mass is 189 g/mol. The van der Waals surface area contributed by atoms with Crippen molar-refractivity contribution in [1.82, 2.24) is 0 Å². The van der Waals surface area contributed by atoms with Crippen LogP contribution >= 0.6 is 0 Å². The average Bonchev–Trinajstić information content (AvgIpc) is 3.02. The third-order valence-electron chi connectivity index (χ3n) is 2.69. The molecule has 0 bridgehead atoms. The van der Waals surface area contributed by atoms with Crippen LogP contribution in [-0.2, 0) is 4.79 Å². The van der Waals surface area contributed by atoms with Gasteiger partial charge < -0.3 is 5.73 Å². The van der Waals surface area contributed by atoms with Crippen molar-refractivity contribution in [2.24, 2.45) is 11.7 Å². The Balaban J connectivity index is 1.99. The first-order valence-corrected chi connectivity index (χ1v) is 5.10. The molecule has 1 aliphatic rings. The second-order valence-corrected chi connectivity index (χ2v) is 4.00. The van der Waals surface area contributed by atoms with Gasteiger partial charge in [-0.25, -0.2) is 0 Å². The summed E-state index contributed by atoms with van der Waals surface area (Å²) < 4.78 is 0. The predicted molar refractivity (Wildman–Crippen MR) is 55.7 cm³/mol. The maximum absolute atomic E-state index is 11.7. The molecule has 0 saturated heterocycles. The maximum Gasteiger partial charge on any atom is 0.154 e. The van der Waals surface area contributed by atoms with Crippen molar-refractivity contribution in [3.8, 4) is 0 Å². The van der Waals surface area contributed by atoms with Gasteiger partial charge in [0.05, 0.1) is 6.04 Å². The molecule has 1 aromatic rings. The number of carbonyl (C=O) groups excluding carboxylic acids is 1. The van der Waals surface area contributed by atoms with Gasteiger partial charge in [0, 0.05) is 6.42 Å². The van der Waals surface area contributed by atoms with Crippen LogP contribution in [0.2, 0.25) is 0 Å². The van der Waals surface area contributed by atoms with Crippen molar-refractivity contribution in [3.63, 3.8) is 0 Å². The van der Waals surface area contributed by atoms with Crippen LogP contribution in [0.3, 0.4) is 0 Å². The van der Waals surface area contributed by atoms with E-state index in [9.17, 15) is 4.79 Å². The van der Waals surface area contributed by atoms with Gasteiger partial charge in [-0.1, -0.05) is 30.3 Å². The lowest BCUT2D eigenvalue weighted by molar-refractivity contribution is -0.120. The molecule has 2 nitrogen and oxygen atoms in total. The highest BCUT2D eigenvalue weighted by Gasteiger charge is 2.27. The topological polar surface area (TPSA) is 43.1 Å². The van der Waals surface area contributed by atoms with Crippen LogP contribution < -0.4 is 5.73 Å². The molecule has 1 fully saturated rings. The Hall–Kier alpha value is -1.15. The highest BCUT2D eigenvalue weighted by molar-refractivity contribution is 5.85. The second-order valence-electron chi connectivity index (χ2n) is 4.00. The zero-order valence-corrected chi connectivity index (χ0v) is 8.15. The summed E-state index contributed by atoms with van der Waals surface area (Å²) in [5.74, 6) is 0.802. The Kier molecular flexibility index (Phi) is 2.64. The summed E-state index contributed by atoms with van der Waals surface area (Å²) in [4.78, 5) is 11.7. The Bertz CT molecular complexity index is 316. The molecule has 1 aromatic carbocycles. The van der Waals surface area contributed by atoms with Gasteiger partial charge in [0.25, 0.3) is 0 Å². The van der Waals surface area contributed by atoms with Crippen molar-refractivity contribution in [3.05, 3.63) is 35.9 Å². The first kappa shape index (κ1) is 9.41. The van der Waals surface area contributed by atoms with E-state index < -0.39 is 6.04 Å². The van der Waals surface area contributed by atoms with Gasteiger partial charge in [0.15, 0.2) is 5.78 Å². The number of rotatable bonds is 4. The van der Waals surface area contributed by atoms with Crippen molar-refractivity contribution in [2.75, 3.05) is 0 Å². The Labute approximate surface area is 84.1 Å². The van der Waals surface area contributed by atoms with E-state index in [2.05, 4.69) is 0 Å². The zero-order chi connectivity index (χ0) is 9.97. The highest BCUT2D eigenvalue weighted by atomic mass is 16.1. The summed E-state index contributed by atoms with van der Waals surface area (Å²) in [5, 5.41) is 0. The fraction of sp³-hybridized carbons (Fsp3) is 0.417. The molecule has 1 aliphatic carbocycles. The summed E-state index contributed by atoms with van der Waals surface area (Å²) in [7, 11) is 0. The molecule has 0 amide bonds. The quantitative estimate of drug-likeness (QED) is 0.787. The molecule has 2 rings (SSSR count). The molecule has 2 heteroatoms. The van der Waals surface area contributed by atoms with E-state index in [1.165, 1.54) is 12.8 Å². The van der Waals surface area contributed by atoms with E-state index in [1.807, 2.05) is 30.3 Å². The Morgan fingerprint density at radius 2 is 2.00 bits per heavy atom. The molecule has 1 atom stereocenters. The van der Waals surface area contributed by atoms with Gasteiger partial charge in [0.1, 0.15) is 0 Å². The number of Topliss-reactive ketones (excluding diaryl/α,β-unsaturated/α-hetero) is 1. The van der Waals surface area contributed by atoms with Crippen molar-refractivity contribution in [2.45, 2.75) is 25.3 Å². The molecule has 0 spiro atoms. The SMILES string of the molecule is NC(C(=O)CC1CC1)c1ccccc1. The normalized spacial score (nSPS) is 17.8. The summed E-state index contributed by atoms with van der Waals surface area (Å²) in [6.45, 7) is 0. The third-order valence-corrected chi connectivity index (χ3v) is 2.69. The fourth-order valence-electron chi connectivity index (χ4n) is 1.58. The molecule has 1 saturated carbocycles. The number of benzene rings is 1. The molecule has 0 heterocycles. The van der Waals surface area contributed by atoms with Crippen molar-refractivity contribution in [1.29, 1.82) is 0 Å².